The Morgan fingerprint density at radius 3 is 2.37 bits per heavy atom. The molecule has 0 radical (unpaired) electrons. The highest BCUT2D eigenvalue weighted by Crippen LogP contribution is 2.10. The highest BCUT2D eigenvalue weighted by Gasteiger charge is 2.28. The number of aliphatic carboxylic acids is 1. The molecule has 108 valence electrons. The fraction of sp³-hybridized carbons (Fsp3) is 0.667. The van der Waals surface area contributed by atoms with E-state index in [9.17, 15) is 22.8 Å². The van der Waals surface area contributed by atoms with E-state index >= 15 is 0 Å². The second-order valence-electron chi connectivity index (χ2n) is 4.10. The number of urea groups is 1. The molecule has 10 heteroatoms. The zero-order valence-electron chi connectivity index (χ0n) is 10.0. The van der Waals surface area contributed by atoms with Gasteiger partial charge < -0.3 is 21.1 Å². The van der Waals surface area contributed by atoms with Gasteiger partial charge in [0, 0.05) is 6.04 Å². The van der Waals surface area contributed by atoms with Gasteiger partial charge >= 0.3 is 12.0 Å². The Balaban J connectivity index is 2.21. The predicted molar refractivity (Wildman–Crippen MR) is 64.2 cm³/mol. The summed E-state index contributed by atoms with van der Waals surface area (Å²) in [6.07, 6.45) is 0.348. The quantitative estimate of drug-likeness (QED) is 0.448. The zero-order valence-corrected chi connectivity index (χ0v) is 10.8. The molecule has 0 aliphatic carbocycles. The first-order chi connectivity index (χ1) is 8.78. The Kier molecular flexibility index (Phi) is 5.10. The molecule has 1 fully saturated rings. The maximum absolute atomic E-state index is 11.3. The van der Waals surface area contributed by atoms with E-state index in [0.29, 0.717) is 6.42 Å². The van der Waals surface area contributed by atoms with Crippen LogP contribution in [0.15, 0.2) is 0 Å². The minimum atomic E-state index is -3.08. The molecule has 3 amide bonds. The Morgan fingerprint density at radius 1 is 1.16 bits per heavy atom. The SMILES string of the molecule is O=C(O)CNC(=O)CNC(=O)NC1CCS(=O)(=O)C1. The number of carbonyl (C=O) groups is 3. The van der Waals surface area contributed by atoms with Crippen molar-refractivity contribution in [3.8, 4) is 0 Å². The van der Waals surface area contributed by atoms with E-state index in [4.69, 9.17) is 5.11 Å². The summed E-state index contributed by atoms with van der Waals surface area (Å²) in [5, 5.41) is 15.0. The minimum Gasteiger partial charge on any atom is -0.480 e. The summed E-state index contributed by atoms with van der Waals surface area (Å²) in [6, 6.07) is -1.11. The molecule has 0 saturated carbocycles. The van der Waals surface area contributed by atoms with Gasteiger partial charge in [0.1, 0.15) is 6.54 Å². The minimum absolute atomic E-state index is 0.0387. The van der Waals surface area contributed by atoms with Gasteiger partial charge in [-0.1, -0.05) is 0 Å². The van der Waals surface area contributed by atoms with Crippen LogP contribution in [0, 0.1) is 0 Å². The number of carbonyl (C=O) groups excluding carboxylic acids is 2. The van der Waals surface area contributed by atoms with Crippen LogP contribution in [0.5, 0.6) is 0 Å². The van der Waals surface area contributed by atoms with Crippen LogP contribution in [0.1, 0.15) is 6.42 Å². The summed E-state index contributed by atoms with van der Waals surface area (Å²) >= 11 is 0. The molecule has 1 atom stereocenters. The molecule has 0 aromatic carbocycles. The molecule has 0 bridgehead atoms. The molecule has 1 unspecified atom stereocenters. The van der Waals surface area contributed by atoms with Gasteiger partial charge in [0.15, 0.2) is 9.84 Å². The standard InChI is InChI=1S/C9H15N3O6S/c13-7(10-4-8(14)15)3-11-9(16)12-6-1-2-19(17,18)5-6/h6H,1-5H2,(H,10,13)(H,14,15)(H2,11,12,16). The first-order valence-electron chi connectivity index (χ1n) is 5.52. The molecule has 19 heavy (non-hydrogen) atoms. The number of amides is 3. The van der Waals surface area contributed by atoms with E-state index < -0.39 is 40.3 Å². The Labute approximate surface area is 109 Å². The normalized spacial score (nSPS) is 20.5. The van der Waals surface area contributed by atoms with E-state index in [-0.39, 0.29) is 18.1 Å². The van der Waals surface area contributed by atoms with Gasteiger partial charge in [-0.2, -0.15) is 0 Å². The third kappa shape index (κ3) is 6.04. The summed E-state index contributed by atoms with van der Waals surface area (Å²) in [4.78, 5) is 32.6. The topological polar surface area (TPSA) is 142 Å². The molecule has 1 aliphatic rings. The van der Waals surface area contributed by atoms with Gasteiger partial charge in [0.05, 0.1) is 18.1 Å². The zero-order chi connectivity index (χ0) is 14.5. The van der Waals surface area contributed by atoms with E-state index in [2.05, 4.69) is 16.0 Å². The third-order valence-electron chi connectivity index (χ3n) is 2.41. The van der Waals surface area contributed by atoms with Crippen LogP contribution in [0.4, 0.5) is 4.79 Å². The molecule has 9 nitrogen and oxygen atoms in total. The van der Waals surface area contributed by atoms with Crippen molar-refractivity contribution in [2.75, 3.05) is 24.6 Å². The van der Waals surface area contributed by atoms with Gasteiger partial charge in [-0.05, 0) is 6.42 Å². The summed E-state index contributed by atoms with van der Waals surface area (Å²) in [5.74, 6) is -1.89. The predicted octanol–water partition coefficient (Wildman–Crippen LogP) is -2.33. The van der Waals surface area contributed by atoms with Crippen molar-refractivity contribution in [1.29, 1.82) is 0 Å². The molecule has 4 N–H and O–H groups in total. The van der Waals surface area contributed by atoms with Crippen molar-refractivity contribution >= 4 is 27.7 Å². The summed E-state index contributed by atoms with van der Waals surface area (Å²) in [7, 11) is -3.08. The highest BCUT2D eigenvalue weighted by molar-refractivity contribution is 7.91. The lowest BCUT2D eigenvalue weighted by Gasteiger charge is -2.11. The third-order valence-corrected chi connectivity index (χ3v) is 4.18. The largest absolute Gasteiger partial charge is 0.480 e. The Hall–Kier alpha value is -1.84. The average Bonchev–Trinajstić information content (AvgIpc) is 2.63. The summed E-state index contributed by atoms with van der Waals surface area (Å²) in [5.41, 5.74) is 0. The number of hydrogen-bond donors (Lipinski definition) is 4. The molecule has 1 heterocycles. The van der Waals surface area contributed by atoms with Crippen LogP contribution in [-0.2, 0) is 19.4 Å². The fourth-order valence-electron chi connectivity index (χ4n) is 1.54. The lowest BCUT2D eigenvalue weighted by molar-refractivity contribution is -0.137. The Morgan fingerprint density at radius 2 is 1.84 bits per heavy atom. The molecule has 1 aliphatic heterocycles. The van der Waals surface area contributed by atoms with Gasteiger partial charge in [-0.3, -0.25) is 9.59 Å². The van der Waals surface area contributed by atoms with Crippen LogP contribution in [-0.4, -0.2) is 62.1 Å². The van der Waals surface area contributed by atoms with Crippen molar-refractivity contribution in [3.05, 3.63) is 0 Å². The maximum atomic E-state index is 11.3. The maximum Gasteiger partial charge on any atom is 0.322 e. The van der Waals surface area contributed by atoms with Crippen LogP contribution in [0.25, 0.3) is 0 Å². The lowest BCUT2D eigenvalue weighted by Crippen LogP contribution is -2.46. The summed E-state index contributed by atoms with van der Waals surface area (Å²) < 4.78 is 22.3. The van der Waals surface area contributed by atoms with Gasteiger partial charge in [0.25, 0.3) is 0 Å². The van der Waals surface area contributed by atoms with Crippen molar-refractivity contribution in [3.63, 3.8) is 0 Å². The molecule has 1 saturated heterocycles. The summed E-state index contributed by atoms with van der Waals surface area (Å²) in [6.45, 7) is -0.901. The molecule has 1 rings (SSSR count). The highest BCUT2D eigenvalue weighted by atomic mass is 32.2. The van der Waals surface area contributed by atoms with Gasteiger partial charge in [-0.15, -0.1) is 0 Å². The van der Waals surface area contributed by atoms with Gasteiger partial charge in [-0.25, -0.2) is 13.2 Å². The molecular formula is C9H15N3O6S. The van der Waals surface area contributed by atoms with E-state index in [0.717, 1.165) is 0 Å². The number of carboxylic acids is 1. The van der Waals surface area contributed by atoms with Crippen LogP contribution >= 0.6 is 0 Å². The molecular weight excluding hydrogens is 278 g/mol. The smallest absolute Gasteiger partial charge is 0.322 e. The lowest BCUT2D eigenvalue weighted by atomic mass is 10.3. The molecule has 0 aromatic rings. The number of carboxylic acid groups (broad SMARTS) is 1. The van der Waals surface area contributed by atoms with E-state index in [1.54, 1.807) is 0 Å². The first-order valence-corrected chi connectivity index (χ1v) is 7.34. The van der Waals surface area contributed by atoms with Crippen LogP contribution in [0.2, 0.25) is 0 Å². The van der Waals surface area contributed by atoms with Crippen molar-refractivity contribution < 1.29 is 27.9 Å². The fourth-order valence-corrected chi connectivity index (χ4v) is 3.22. The van der Waals surface area contributed by atoms with Gasteiger partial charge in [0.2, 0.25) is 5.91 Å². The van der Waals surface area contributed by atoms with Crippen molar-refractivity contribution in [2.45, 2.75) is 12.5 Å². The first kappa shape index (κ1) is 15.2. The van der Waals surface area contributed by atoms with Crippen molar-refractivity contribution in [1.82, 2.24) is 16.0 Å². The van der Waals surface area contributed by atoms with Crippen LogP contribution < -0.4 is 16.0 Å². The second-order valence-corrected chi connectivity index (χ2v) is 6.33. The monoisotopic (exact) mass is 293 g/mol. The number of hydrogen-bond acceptors (Lipinski definition) is 5. The Bertz CT molecular complexity index is 474. The molecule has 0 aromatic heterocycles. The van der Waals surface area contributed by atoms with Crippen molar-refractivity contribution in [2.24, 2.45) is 0 Å². The average molecular weight is 293 g/mol. The van der Waals surface area contributed by atoms with E-state index in [1.807, 2.05) is 0 Å². The van der Waals surface area contributed by atoms with Crippen LogP contribution in [0.3, 0.4) is 0 Å². The molecule has 0 spiro atoms. The number of rotatable bonds is 5. The van der Waals surface area contributed by atoms with E-state index in [1.165, 1.54) is 0 Å². The number of nitrogens with one attached hydrogen (secondary N) is 3. The second kappa shape index (κ2) is 6.36. The number of sulfone groups is 1.